The molecule has 0 aliphatic carbocycles. The minimum atomic E-state index is -1.83. The quantitative estimate of drug-likeness (QED) is 0.498. The first-order valence-electron chi connectivity index (χ1n) is 1.81. The van der Waals surface area contributed by atoms with Crippen molar-refractivity contribution >= 4 is 6.16 Å². The second kappa shape index (κ2) is 9.54. The van der Waals surface area contributed by atoms with Crippen LogP contribution in [-0.4, -0.2) is 16.4 Å². The average molecular weight is 128 g/mol. The fourth-order valence-corrected chi connectivity index (χ4v) is 0.0354. The maximum atomic E-state index is 8.56. The van der Waals surface area contributed by atoms with Gasteiger partial charge in [0.25, 0.3) is 0 Å². The van der Waals surface area contributed by atoms with Crippen molar-refractivity contribution in [2.75, 3.05) is 0 Å². The molecule has 0 spiro atoms. The van der Waals surface area contributed by atoms with Crippen LogP contribution in [0.2, 0.25) is 0 Å². The Morgan fingerprint density at radius 1 is 1.33 bits per heavy atom. The van der Waals surface area contributed by atoms with Crippen molar-refractivity contribution < 1.29 is 15.0 Å². The van der Waals surface area contributed by atoms with Gasteiger partial charge in [0.2, 0.25) is 0 Å². The zero-order chi connectivity index (χ0) is 7.70. The summed E-state index contributed by atoms with van der Waals surface area (Å²) in [7, 11) is 0. The molecule has 0 aliphatic rings. The molecule has 5 nitrogen and oxygen atoms in total. The lowest BCUT2D eigenvalue weighted by molar-refractivity contribution is 0.137. The molecule has 0 atom stereocenters. The van der Waals surface area contributed by atoms with Crippen LogP contribution < -0.4 is 0 Å². The third-order valence-corrected chi connectivity index (χ3v) is 0.158. The Labute approximate surface area is 51.4 Å². The van der Waals surface area contributed by atoms with Gasteiger partial charge >= 0.3 is 6.16 Å². The van der Waals surface area contributed by atoms with Crippen LogP contribution in [0.4, 0.5) is 4.79 Å². The molecular formula is C4H4N2O3. The van der Waals surface area contributed by atoms with Gasteiger partial charge in [-0.3, -0.25) is 0 Å². The summed E-state index contributed by atoms with van der Waals surface area (Å²) in [4.78, 5) is 8.56. The third-order valence-electron chi connectivity index (χ3n) is 0.158. The van der Waals surface area contributed by atoms with Crippen molar-refractivity contribution in [2.24, 2.45) is 0 Å². The average Bonchev–Trinajstić information content (AvgIpc) is 1.66. The van der Waals surface area contributed by atoms with E-state index in [1.54, 1.807) is 12.1 Å². The summed E-state index contributed by atoms with van der Waals surface area (Å²) in [5.41, 5.74) is 0. The molecule has 9 heavy (non-hydrogen) atoms. The molecule has 0 aliphatic heterocycles. The predicted octanol–water partition coefficient (Wildman–Crippen LogP) is 0.646. The van der Waals surface area contributed by atoms with Gasteiger partial charge in [-0.05, 0) is 0 Å². The summed E-state index contributed by atoms with van der Waals surface area (Å²) in [6.45, 7) is 0. The largest absolute Gasteiger partial charge is 0.503 e. The zero-order valence-corrected chi connectivity index (χ0v) is 4.40. The van der Waals surface area contributed by atoms with Gasteiger partial charge in [-0.1, -0.05) is 0 Å². The van der Waals surface area contributed by atoms with Crippen LogP contribution in [0, 0.1) is 22.7 Å². The molecule has 0 heterocycles. The zero-order valence-electron chi connectivity index (χ0n) is 4.40. The molecule has 48 valence electrons. The molecule has 0 bridgehead atoms. The van der Waals surface area contributed by atoms with Crippen molar-refractivity contribution in [3.05, 3.63) is 0 Å². The first kappa shape index (κ1) is 10.3. The highest BCUT2D eigenvalue weighted by atomic mass is 16.6. The van der Waals surface area contributed by atoms with Gasteiger partial charge in [-0.25, -0.2) is 4.79 Å². The molecule has 0 rings (SSSR count). The van der Waals surface area contributed by atoms with E-state index in [1.807, 2.05) is 0 Å². The van der Waals surface area contributed by atoms with E-state index in [0.29, 0.717) is 0 Å². The molecule has 0 aromatic carbocycles. The van der Waals surface area contributed by atoms with Gasteiger partial charge in [0.1, 0.15) is 6.42 Å². The van der Waals surface area contributed by atoms with Crippen LogP contribution in [0.25, 0.3) is 0 Å². The van der Waals surface area contributed by atoms with Crippen molar-refractivity contribution in [1.29, 1.82) is 10.5 Å². The Kier molecular flexibility index (Phi) is 10.9. The van der Waals surface area contributed by atoms with Gasteiger partial charge in [0.05, 0.1) is 12.1 Å². The van der Waals surface area contributed by atoms with Crippen LogP contribution in [-0.2, 0) is 0 Å². The molecule has 0 radical (unpaired) electrons. The number of nitriles is 2. The smallest absolute Gasteiger partial charge is 0.450 e. The Morgan fingerprint density at radius 2 is 1.56 bits per heavy atom. The van der Waals surface area contributed by atoms with Crippen molar-refractivity contribution in [2.45, 2.75) is 6.42 Å². The molecular weight excluding hydrogens is 124 g/mol. The van der Waals surface area contributed by atoms with E-state index < -0.39 is 6.16 Å². The van der Waals surface area contributed by atoms with Crippen LogP contribution in [0.5, 0.6) is 0 Å². The monoisotopic (exact) mass is 128 g/mol. The Hall–Kier alpha value is -1.75. The van der Waals surface area contributed by atoms with Crippen molar-refractivity contribution in [1.82, 2.24) is 0 Å². The highest BCUT2D eigenvalue weighted by Crippen LogP contribution is 1.59. The highest BCUT2D eigenvalue weighted by Gasteiger charge is 1.70. The molecule has 0 saturated carbocycles. The second-order valence-electron chi connectivity index (χ2n) is 0.776. The number of nitrogens with zero attached hydrogens (tertiary/aromatic N) is 2. The number of rotatable bonds is 0. The van der Waals surface area contributed by atoms with Gasteiger partial charge in [-0.15, -0.1) is 0 Å². The van der Waals surface area contributed by atoms with Gasteiger partial charge < -0.3 is 10.2 Å². The van der Waals surface area contributed by atoms with E-state index in [2.05, 4.69) is 0 Å². The Balaban J connectivity index is 0. The lowest BCUT2D eigenvalue weighted by Gasteiger charge is -1.60. The summed E-state index contributed by atoms with van der Waals surface area (Å²) in [5, 5.41) is 29.1. The van der Waals surface area contributed by atoms with E-state index in [1.165, 1.54) is 0 Å². The normalized spacial score (nSPS) is 5.11. The third kappa shape index (κ3) is 1810. The number of hydrogen-bond donors (Lipinski definition) is 2. The molecule has 0 aromatic heterocycles. The lowest BCUT2D eigenvalue weighted by atomic mass is 10.5. The molecule has 0 amide bonds. The molecule has 0 fully saturated rings. The number of hydrogen-bond acceptors (Lipinski definition) is 3. The standard InChI is InChI=1S/C3H2N2.CH2O3/c4-2-1-3-5;2-1(3)4/h1H2;(H2,2,3,4). The Bertz CT molecular complexity index is 136. The van der Waals surface area contributed by atoms with Crippen LogP contribution >= 0.6 is 0 Å². The highest BCUT2D eigenvalue weighted by molar-refractivity contribution is 5.53. The van der Waals surface area contributed by atoms with Crippen molar-refractivity contribution in [3.8, 4) is 12.1 Å². The summed E-state index contributed by atoms with van der Waals surface area (Å²) in [5.74, 6) is 0. The fraction of sp³-hybridized carbons (Fsp3) is 0.250. The number of carboxylic acid groups (broad SMARTS) is 2. The molecule has 0 aromatic rings. The predicted molar refractivity (Wildman–Crippen MR) is 26.5 cm³/mol. The van der Waals surface area contributed by atoms with Gasteiger partial charge in [0.15, 0.2) is 0 Å². The SMILES string of the molecule is N#CCC#N.O=C(O)O. The fourth-order valence-electron chi connectivity index (χ4n) is 0.0354. The van der Waals surface area contributed by atoms with E-state index in [9.17, 15) is 0 Å². The molecule has 5 heteroatoms. The van der Waals surface area contributed by atoms with E-state index in [4.69, 9.17) is 25.5 Å². The number of carbonyl (C=O) groups is 1. The minimum absolute atomic E-state index is 0. The van der Waals surface area contributed by atoms with E-state index >= 15 is 0 Å². The van der Waals surface area contributed by atoms with E-state index in [0.717, 1.165) is 0 Å². The summed E-state index contributed by atoms with van der Waals surface area (Å²) in [6, 6.07) is 3.31. The van der Waals surface area contributed by atoms with Crippen LogP contribution in [0.1, 0.15) is 6.42 Å². The maximum absolute atomic E-state index is 8.56. The van der Waals surface area contributed by atoms with Gasteiger partial charge in [0, 0.05) is 0 Å². The lowest BCUT2D eigenvalue weighted by Crippen LogP contribution is -1.81. The minimum Gasteiger partial charge on any atom is -0.450 e. The van der Waals surface area contributed by atoms with E-state index in [-0.39, 0.29) is 6.42 Å². The van der Waals surface area contributed by atoms with Crippen LogP contribution in [0.3, 0.4) is 0 Å². The molecule has 0 unspecified atom stereocenters. The topological polar surface area (TPSA) is 105 Å². The second-order valence-corrected chi connectivity index (χ2v) is 0.776. The first-order valence-corrected chi connectivity index (χ1v) is 1.81. The van der Waals surface area contributed by atoms with Gasteiger partial charge in [-0.2, -0.15) is 10.5 Å². The molecule has 0 saturated heterocycles. The maximum Gasteiger partial charge on any atom is 0.503 e. The van der Waals surface area contributed by atoms with Crippen molar-refractivity contribution in [3.63, 3.8) is 0 Å². The summed E-state index contributed by atoms with van der Waals surface area (Å²) < 4.78 is 0. The first-order chi connectivity index (χ1) is 4.15. The summed E-state index contributed by atoms with van der Waals surface area (Å²) in [6.07, 6.45) is -1.83. The molecule has 2 N–H and O–H groups in total. The Morgan fingerprint density at radius 3 is 1.56 bits per heavy atom. The summed E-state index contributed by atoms with van der Waals surface area (Å²) >= 11 is 0. The van der Waals surface area contributed by atoms with Crippen LogP contribution in [0.15, 0.2) is 0 Å².